The fourth-order valence-corrected chi connectivity index (χ4v) is 5.76. The summed E-state index contributed by atoms with van der Waals surface area (Å²) in [7, 11) is -3.82. The van der Waals surface area contributed by atoms with E-state index in [-0.39, 0.29) is 16.0 Å². The Bertz CT molecular complexity index is 1010. The molecule has 1 aliphatic heterocycles. The summed E-state index contributed by atoms with van der Waals surface area (Å²) < 4.78 is 66.2. The Hall–Kier alpha value is -2.18. The van der Waals surface area contributed by atoms with Crippen LogP contribution >= 0.6 is 11.3 Å². The molecule has 0 aromatic carbocycles. The maximum Gasteiger partial charge on any atom is 0.417 e. The molecule has 0 spiro atoms. The van der Waals surface area contributed by atoms with Crippen molar-refractivity contribution in [3.63, 3.8) is 0 Å². The number of nitrogens with one attached hydrogen (secondary N) is 1. The first-order valence-corrected chi connectivity index (χ1v) is 12.5. The smallest absolute Gasteiger partial charge is 0.355 e. The van der Waals surface area contributed by atoms with Gasteiger partial charge in [-0.05, 0) is 35.9 Å². The number of hydrogen-bond donors (Lipinski definition) is 1. The van der Waals surface area contributed by atoms with Crippen molar-refractivity contribution in [3.8, 4) is 0 Å². The number of sulfonamides is 1. The van der Waals surface area contributed by atoms with Gasteiger partial charge in [-0.1, -0.05) is 19.9 Å². The molecule has 2 aromatic rings. The standard InChI is InChI=1S/C20H25F3N4O3S2/c1-14(2)18(25-32(29,30)17-5-3-12-31-17)19(28)27-9-4-8-26(10-11-27)16-7-6-15(13-24-16)20(21,22)23/h3,5-7,12-14,18,25H,4,8-11H2,1-2H3/t18-/m0/s1. The number of carbonyl (C=O) groups excluding carboxylic acids is 1. The number of pyridine rings is 1. The van der Waals surface area contributed by atoms with Crippen LogP contribution in [0.2, 0.25) is 0 Å². The lowest BCUT2D eigenvalue weighted by atomic mass is 10.0. The summed E-state index contributed by atoms with van der Waals surface area (Å²) in [6.45, 7) is 5.18. The lowest BCUT2D eigenvalue weighted by Gasteiger charge is -2.29. The molecular weight excluding hydrogens is 465 g/mol. The van der Waals surface area contributed by atoms with Crippen molar-refractivity contribution < 1.29 is 26.4 Å². The Kier molecular flexibility index (Phi) is 7.46. The summed E-state index contributed by atoms with van der Waals surface area (Å²) in [5.41, 5.74) is -0.814. The van der Waals surface area contributed by atoms with Gasteiger partial charge in [-0.3, -0.25) is 4.79 Å². The Morgan fingerprint density at radius 1 is 1.16 bits per heavy atom. The number of thiophene rings is 1. The van der Waals surface area contributed by atoms with Gasteiger partial charge in [-0.25, -0.2) is 13.4 Å². The van der Waals surface area contributed by atoms with Gasteiger partial charge in [0.15, 0.2) is 0 Å². The third kappa shape index (κ3) is 5.78. The monoisotopic (exact) mass is 490 g/mol. The largest absolute Gasteiger partial charge is 0.417 e. The molecule has 32 heavy (non-hydrogen) atoms. The minimum absolute atomic E-state index is 0.145. The van der Waals surface area contributed by atoms with Crippen LogP contribution in [-0.2, 0) is 21.0 Å². The number of hydrogen-bond acceptors (Lipinski definition) is 6. The van der Waals surface area contributed by atoms with Gasteiger partial charge in [0.25, 0.3) is 10.0 Å². The molecule has 0 aliphatic carbocycles. The summed E-state index contributed by atoms with van der Waals surface area (Å²) in [6.07, 6.45) is -3.07. The topological polar surface area (TPSA) is 82.6 Å². The highest BCUT2D eigenvalue weighted by atomic mass is 32.2. The molecule has 3 rings (SSSR count). The van der Waals surface area contributed by atoms with E-state index in [4.69, 9.17) is 0 Å². The van der Waals surface area contributed by atoms with Gasteiger partial charge in [0.1, 0.15) is 16.1 Å². The predicted octanol–water partition coefficient (Wildman–Crippen LogP) is 3.20. The zero-order valence-corrected chi connectivity index (χ0v) is 19.3. The summed E-state index contributed by atoms with van der Waals surface area (Å²) in [5.74, 6) is -0.179. The van der Waals surface area contributed by atoms with Gasteiger partial charge in [0.05, 0.1) is 5.56 Å². The second-order valence-electron chi connectivity index (χ2n) is 7.84. The van der Waals surface area contributed by atoms with Gasteiger partial charge in [-0.2, -0.15) is 17.9 Å². The number of alkyl halides is 3. The Morgan fingerprint density at radius 2 is 1.91 bits per heavy atom. The molecular formula is C20H25F3N4O3S2. The van der Waals surface area contributed by atoms with E-state index >= 15 is 0 Å². The summed E-state index contributed by atoms with van der Waals surface area (Å²) >= 11 is 1.08. The van der Waals surface area contributed by atoms with Gasteiger partial charge < -0.3 is 9.80 Å². The molecule has 0 saturated carbocycles. The minimum atomic E-state index is -4.45. The first-order chi connectivity index (χ1) is 15.0. The molecule has 7 nitrogen and oxygen atoms in total. The number of anilines is 1. The molecule has 0 unspecified atom stereocenters. The number of rotatable bonds is 6. The average Bonchev–Trinajstić information content (AvgIpc) is 3.17. The van der Waals surface area contributed by atoms with Crippen molar-refractivity contribution in [2.24, 2.45) is 5.92 Å². The summed E-state index contributed by atoms with van der Waals surface area (Å²) in [6, 6.07) is 4.51. The Labute approximate surface area is 189 Å². The van der Waals surface area contributed by atoms with Crippen LogP contribution in [0.5, 0.6) is 0 Å². The SMILES string of the molecule is CC(C)[C@H](NS(=O)(=O)c1cccs1)C(=O)N1CCCN(c2ccc(C(F)(F)F)cn2)CC1. The molecule has 3 heterocycles. The predicted molar refractivity (Wildman–Crippen MR) is 116 cm³/mol. The van der Waals surface area contributed by atoms with E-state index in [0.717, 1.165) is 23.6 Å². The number of nitrogens with zero attached hydrogens (tertiary/aromatic N) is 3. The van der Waals surface area contributed by atoms with Crippen LogP contribution in [0.25, 0.3) is 0 Å². The maximum absolute atomic E-state index is 13.2. The molecule has 1 atom stereocenters. The van der Waals surface area contributed by atoms with Crippen molar-refractivity contribution in [1.29, 1.82) is 0 Å². The molecule has 1 saturated heterocycles. The number of amides is 1. The van der Waals surface area contributed by atoms with Crippen LogP contribution in [0.1, 0.15) is 25.8 Å². The van der Waals surface area contributed by atoms with E-state index in [1.807, 2.05) is 4.90 Å². The zero-order valence-electron chi connectivity index (χ0n) is 17.7. The minimum Gasteiger partial charge on any atom is -0.355 e. The van der Waals surface area contributed by atoms with E-state index in [2.05, 4.69) is 9.71 Å². The summed E-state index contributed by atoms with van der Waals surface area (Å²) in [5, 5.41) is 1.65. The van der Waals surface area contributed by atoms with Crippen LogP contribution in [0.3, 0.4) is 0 Å². The van der Waals surface area contributed by atoms with E-state index in [0.29, 0.717) is 38.4 Å². The van der Waals surface area contributed by atoms with Crippen LogP contribution in [0, 0.1) is 5.92 Å². The third-order valence-corrected chi connectivity index (χ3v) is 8.02. The van der Waals surface area contributed by atoms with Gasteiger partial charge in [0, 0.05) is 32.4 Å². The van der Waals surface area contributed by atoms with Gasteiger partial charge in [-0.15, -0.1) is 11.3 Å². The van der Waals surface area contributed by atoms with Crippen LogP contribution in [0.15, 0.2) is 40.1 Å². The molecule has 12 heteroatoms. The average molecular weight is 491 g/mol. The van der Waals surface area contributed by atoms with Crippen molar-refractivity contribution >= 4 is 33.1 Å². The third-order valence-electron chi connectivity index (χ3n) is 5.18. The number of aromatic nitrogens is 1. The molecule has 176 valence electrons. The first-order valence-electron chi connectivity index (χ1n) is 10.1. The molecule has 0 radical (unpaired) electrons. The normalized spacial score (nSPS) is 16.8. The van der Waals surface area contributed by atoms with E-state index in [1.54, 1.807) is 30.2 Å². The zero-order chi connectivity index (χ0) is 23.5. The Morgan fingerprint density at radius 3 is 2.47 bits per heavy atom. The highest BCUT2D eigenvalue weighted by Gasteiger charge is 2.33. The fourth-order valence-electron chi connectivity index (χ4n) is 3.42. The first kappa shape index (κ1) is 24.5. The van der Waals surface area contributed by atoms with Crippen LogP contribution < -0.4 is 9.62 Å². The van der Waals surface area contributed by atoms with E-state index in [1.165, 1.54) is 12.1 Å². The van der Waals surface area contributed by atoms with Crippen LogP contribution in [0.4, 0.5) is 19.0 Å². The van der Waals surface area contributed by atoms with E-state index in [9.17, 15) is 26.4 Å². The molecule has 0 bridgehead atoms. The molecule has 1 fully saturated rings. The van der Waals surface area contributed by atoms with Crippen molar-refractivity contribution in [3.05, 3.63) is 41.4 Å². The van der Waals surface area contributed by atoms with Gasteiger partial charge in [0.2, 0.25) is 5.91 Å². The van der Waals surface area contributed by atoms with Gasteiger partial charge >= 0.3 is 6.18 Å². The quantitative estimate of drug-likeness (QED) is 0.673. The van der Waals surface area contributed by atoms with Crippen molar-refractivity contribution in [2.75, 3.05) is 31.1 Å². The molecule has 1 N–H and O–H groups in total. The van der Waals surface area contributed by atoms with Crippen molar-refractivity contribution in [2.45, 2.75) is 36.7 Å². The number of halogens is 3. The second kappa shape index (κ2) is 9.75. The molecule has 1 aliphatic rings. The van der Waals surface area contributed by atoms with E-state index < -0.39 is 27.8 Å². The molecule has 1 amide bonds. The van der Waals surface area contributed by atoms with Crippen LogP contribution in [-0.4, -0.2) is 56.4 Å². The Balaban J connectivity index is 1.68. The highest BCUT2D eigenvalue weighted by Crippen LogP contribution is 2.29. The molecule has 2 aromatic heterocycles. The highest BCUT2D eigenvalue weighted by molar-refractivity contribution is 7.91. The lowest BCUT2D eigenvalue weighted by Crippen LogP contribution is -2.51. The van der Waals surface area contributed by atoms with Crippen molar-refractivity contribution in [1.82, 2.24) is 14.6 Å². The number of carbonyl (C=O) groups is 1. The maximum atomic E-state index is 13.2. The summed E-state index contributed by atoms with van der Waals surface area (Å²) in [4.78, 5) is 20.5. The second-order valence-corrected chi connectivity index (χ2v) is 10.7. The fraction of sp³-hybridized carbons (Fsp3) is 0.500. The lowest BCUT2D eigenvalue weighted by molar-refractivity contribution is -0.138.